The Morgan fingerprint density at radius 1 is 1.29 bits per heavy atom. The van der Waals surface area contributed by atoms with Crippen LogP contribution in [-0.4, -0.2) is 42.5 Å². The first kappa shape index (κ1) is 17.4. The highest BCUT2D eigenvalue weighted by Gasteiger charge is 2.48. The van der Waals surface area contributed by atoms with E-state index >= 15 is 0 Å². The SMILES string of the molecule is C#CCCC1(CCC(=O)NCC2CCC3(CCOCC3)C2O)N=N1. The van der Waals surface area contributed by atoms with Crippen LogP contribution < -0.4 is 5.32 Å². The standard InChI is InChI=1S/C18H27N3O3/c1-2-3-6-18(20-21-18)8-5-15(22)19-13-14-4-7-17(16(14)23)9-11-24-12-10-17/h1,14,16,23H,3-13H2,(H,19,22). The zero-order valence-electron chi connectivity index (χ0n) is 14.2. The number of carbonyl (C=O) groups excluding carboxylic acids is 1. The maximum atomic E-state index is 12.1. The predicted molar refractivity (Wildman–Crippen MR) is 89.1 cm³/mol. The second-order valence-electron chi connectivity index (χ2n) is 7.41. The van der Waals surface area contributed by atoms with Gasteiger partial charge in [0.15, 0.2) is 5.66 Å². The van der Waals surface area contributed by atoms with Gasteiger partial charge in [-0.15, -0.1) is 12.3 Å². The second-order valence-corrected chi connectivity index (χ2v) is 7.41. The first-order chi connectivity index (χ1) is 11.6. The van der Waals surface area contributed by atoms with Crippen molar-refractivity contribution in [3.63, 3.8) is 0 Å². The zero-order chi connectivity index (χ0) is 17.0. The highest BCUT2D eigenvalue weighted by Crippen LogP contribution is 2.48. The van der Waals surface area contributed by atoms with Gasteiger partial charge in [0.2, 0.25) is 5.91 Å². The summed E-state index contributed by atoms with van der Waals surface area (Å²) in [5.74, 6) is 2.75. The fraction of sp³-hybridized carbons (Fsp3) is 0.833. The number of hydrogen-bond acceptors (Lipinski definition) is 5. The van der Waals surface area contributed by atoms with Crippen molar-refractivity contribution in [2.24, 2.45) is 21.6 Å². The summed E-state index contributed by atoms with van der Waals surface area (Å²) in [6, 6.07) is 0. The first-order valence-corrected chi connectivity index (χ1v) is 8.99. The van der Waals surface area contributed by atoms with Gasteiger partial charge in [0, 0.05) is 56.8 Å². The second kappa shape index (κ2) is 7.20. The summed E-state index contributed by atoms with van der Waals surface area (Å²) in [5, 5.41) is 21.8. The monoisotopic (exact) mass is 333 g/mol. The molecule has 2 N–H and O–H groups in total. The minimum Gasteiger partial charge on any atom is -0.392 e. The maximum absolute atomic E-state index is 12.1. The number of rotatable bonds is 7. The molecule has 0 aromatic heterocycles. The van der Waals surface area contributed by atoms with Crippen LogP contribution in [0.25, 0.3) is 0 Å². The van der Waals surface area contributed by atoms with Gasteiger partial charge in [-0.1, -0.05) is 0 Å². The van der Waals surface area contributed by atoms with E-state index in [1.807, 2.05) is 0 Å². The van der Waals surface area contributed by atoms with E-state index < -0.39 is 5.66 Å². The number of terminal acetylenes is 1. The van der Waals surface area contributed by atoms with Crippen molar-refractivity contribution in [1.82, 2.24) is 5.32 Å². The quantitative estimate of drug-likeness (QED) is 0.699. The molecule has 132 valence electrons. The van der Waals surface area contributed by atoms with Crippen LogP contribution in [0.3, 0.4) is 0 Å². The largest absolute Gasteiger partial charge is 0.392 e. The molecule has 2 unspecified atom stereocenters. The van der Waals surface area contributed by atoms with Gasteiger partial charge in [0.05, 0.1) is 6.10 Å². The van der Waals surface area contributed by atoms with Gasteiger partial charge in [-0.05, 0) is 25.7 Å². The normalized spacial score (nSPS) is 29.3. The van der Waals surface area contributed by atoms with E-state index in [1.165, 1.54) is 0 Å². The molecule has 0 radical (unpaired) electrons. The molecule has 0 aromatic carbocycles. The first-order valence-electron chi connectivity index (χ1n) is 8.99. The van der Waals surface area contributed by atoms with Crippen molar-refractivity contribution in [3.8, 4) is 12.3 Å². The van der Waals surface area contributed by atoms with Crippen LogP contribution in [0.2, 0.25) is 0 Å². The van der Waals surface area contributed by atoms with Crippen molar-refractivity contribution < 1.29 is 14.6 Å². The lowest BCUT2D eigenvalue weighted by molar-refractivity contribution is -0.121. The summed E-state index contributed by atoms with van der Waals surface area (Å²) in [4.78, 5) is 12.1. The molecule has 1 aliphatic carbocycles. The van der Waals surface area contributed by atoms with Gasteiger partial charge in [-0.25, -0.2) is 0 Å². The lowest BCUT2D eigenvalue weighted by Crippen LogP contribution is -2.41. The summed E-state index contributed by atoms with van der Waals surface area (Å²) in [7, 11) is 0. The number of aliphatic hydroxyl groups excluding tert-OH is 1. The van der Waals surface area contributed by atoms with Crippen LogP contribution in [0, 0.1) is 23.7 Å². The van der Waals surface area contributed by atoms with Crippen LogP contribution in [0.1, 0.15) is 51.4 Å². The van der Waals surface area contributed by atoms with Gasteiger partial charge >= 0.3 is 0 Å². The Morgan fingerprint density at radius 3 is 2.71 bits per heavy atom. The molecule has 2 aliphatic heterocycles. The molecule has 2 fully saturated rings. The van der Waals surface area contributed by atoms with E-state index in [0.29, 0.717) is 25.8 Å². The van der Waals surface area contributed by atoms with Crippen molar-refractivity contribution in [1.29, 1.82) is 0 Å². The Kier molecular flexibility index (Phi) is 5.21. The number of nitrogens with zero attached hydrogens (tertiary/aromatic N) is 2. The fourth-order valence-corrected chi connectivity index (χ4v) is 4.13. The summed E-state index contributed by atoms with van der Waals surface area (Å²) in [5.41, 5.74) is -0.387. The summed E-state index contributed by atoms with van der Waals surface area (Å²) < 4.78 is 5.42. The summed E-state index contributed by atoms with van der Waals surface area (Å²) in [6.07, 6.45) is 11.2. The van der Waals surface area contributed by atoms with E-state index in [9.17, 15) is 9.90 Å². The van der Waals surface area contributed by atoms with Crippen molar-refractivity contribution in [2.75, 3.05) is 19.8 Å². The van der Waals surface area contributed by atoms with Crippen LogP contribution in [0.4, 0.5) is 0 Å². The maximum Gasteiger partial charge on any atom is 0.220 e. The smallest absolute Gasteiger partial charge is 0.220 e. The number of ether oxygens (including phenoxy) is 1. The molecule has 6 nitrogen and oxygen atoms in total. The van der Waals surface area contributed by atoms with Crippen LogP contribution in [0.5, 0.6) is 0 Å². The van der Waals surface area contributed by atoms with Gasteiger partial charge in [-0.3, -0.25) is 4.79 Å². The third kappa shape index (κ3) is 3.79. The van der Waals surface area contributed by atoms with Crippen LogP contribution in [-0.2, 0) is 9.53 Å². The Bertz CT molecular complexity index is 528. The highest BCUT2D eigenvalue weighted by molar-refractivity contribution is 5.76. The Balaban J connectivity index is 1.38. The molecular weight excluding hydrogens is 306 g/mol. The van der Waals surface area contributed by atoms with E-state index in [0.717, 1.165) is 45.3 Å². The molecular formula is C18H27N3O3. The zero-order valence-corrected chi connectivity index (χ0v) is 14.2. The van der Waals surface area contributed by atoms with Crippen LogP contribution in [0.15, 0.2) is 10.2 Å². The van der Waals surface area contributed by atoms with Crippen molar-refractivity contribution >= 4 is 5.91 Å². The van der Waals surface area contributed by atoms with Crippen LogP contribution >= 0.6 is 0 Å². The number of nitrogens with one attached hydrogen (secondary N) is 1. The predicted octanol–water partition coefficient (Wildman–Crippen LogP) is 2.03. The van der Waals surface area contributed by atoms with E-state index in [1.54, 1.807) is 0 Å². The molecule has 1 amide bonds. The topological polar surface area (TPSA) is 83.3 Å². The van der Waals surface area contributed by atoms with E-state index in [-0.39, 0.29) is 23.3 Å². The number of carbonyl (C=O) groups is 1. The summed E-state index contributed by atoms with van der Waals surface area (Å²) >= 11 is 0. The third-order valence-corrected chi connectivity index (χ3v) is 5.94. The lowest BCUT2D eigenvalue weighted by Gasteiger charge is -2.37. The van der Waals surface area contributed by atoms with E-state index in [2.05, 4.69) is 21.5 Å². The molecule has 0 bridgehead atoms. The molecule has 1 spiro atoms. The molecule has 24 heavy (non-hydrogen) atoms. The van der Waals surface area contributed by atoms with Crippen molar-refractivity contribution in [2.45, 2.75) is 63.1 Å². The Labute approximate surface area is 143 Å². The molecule has 2 heterocycles. The van der Waals surface area contributed by atoms with Gasteiger partial charge in [0.1, 0.15) is 0 Å². The minimum atomic E-state index is -0.400. The molecule has 6 heteroatoms. The molecule has 3 rings (SSSR count). The lowest BCUT2D eigenvalue weighted by atomic mass is 9.76. The van der Waals surface area contributed by atoms with Gasteiger partial charge in [-0.2, -0.15) is 10.2 Å². The third-order valence-electron chi connectivity index (χ3n) is 5.94. The summed E-state index contributed by atoms with van der Waals surface area (Å²) in [6.45, 7) is 2.03. The number of hydrogen-bond donors (Lipinski definition) is 2. The van der Waals surface area contributed by atoms with Crippen molar-refractivity contribution in [3.05, 3.63) is 0 Å². The Hall–Kier alpha value is -1.45. The van der Waals surface area contributed by atoms with E-state index in [4.69, 9.17) is 11.2 Å². The number of amides is 1. The fourth-order valence-electron chi connectivity index (χ4n) is 4.13. The molecule has 3 aliphatic rings. The number of aliphatic hydroxyl groups is 1. The average molecular weight is 333 g/mol. The molecule has 0 aromatic rings. The average Bonchev–Trinajstić information content (AvgIpc) is 3.33. The van der Waals surface area contributed by atoms with Gasteiger partial charge in [0.25, 0.3) is 0 Å². The molecule has 1 saturated heterocycles. The molecule has 2 atom stereocenters. The Morgan fingerprint density at radius 2 is 2.04 bits per heavy atom. The van der Waals surface area contributed by atoms with Gasteiger partial charge < -0.3 is 15.2 Å². The minimum absolute atomic E-state index is 0.00695. The highest BCUT2D eigenvalue weighted by atomic mass is 16.5. The molecule has 1 saturated carbocycles.